The summed E-state index contributed by atoms with van der Waals surface area (Å²) in [5.41, 5.74) is 0.925. The first-order chi connectivity index (χ1) is 11.4. The van der Waals surface area contributed by atoms with E-state index >= 15 is 0 Å². The molecule has 2 heterocycles. The molecule has 7 heteroatoms. The normalized spacial score (nSPS) is 24.1. The largest absolute Gasteiger partial charge is 0.497 e. The van der Waals surface area contributed by atoms with E-state index in [0.717, 1.165) is 11.3 Å². The molecule has 128 valence electrons. The molecule has 4 amide bonds. The summed E-state index contributed by atoms with van der Waals surface area (Å²) in [7, 11) is 3.09. The van der Waals surface area contributed by atoms with Crippen molar-refractivity contribution in [2.24, 2.45) is 11.8 Å². The van der Waals surface area contributed by atoms with E-state index in [-0.39, 0.29) is 37.0 Å². The first-order valence-electron chi connectivity index (χ1n) is 7.93. The van der Waals surface area contributed by atoms with Crippen molar-refractivity contribution >= 4 is 17.8 Å². The highest BCUT2D eigenvalue weighted by atomic mass is 16.5. The third kappa shape index (κ3) is 2.70. The lowest BCUT2D eigenvalue weighted by molar-refractivity contribution is -0.138. The van der Waals surface area contributed by atoms with Crippen LogP contribution < -0.4 is 10.1 Å². The number of carbonyl (C=O) groups excluding carboxylic acids is 3. The minimum atomic E-state index is -0.402. The van der Waals surface area contributed by atoms with Crippen LogP contribution in [-0.4, -0.2) is 54.9 Å². The van der Waals surface area contributed by atoms with Crippen molar-refractivity contribution in [2.45, 2.75) is 13.0 Å². The zero-order valence-electron chi connectivity index (χ0n) is 14.0. The Morgan fingerprint density at radius 2 is 1.88 bits per heavy atom. The van der Waals surface area contributed by atoms with Gasteiger partial charge in [-0.25, -0.2) is 4.79 Å². The summed E-state index contributed by atoms with van der Waals surface area (Å²) in [6.45, 7) is 2.46. The molecule has 0 bridgehead atoms. The van der Waals surface area contributed by atoms with Gasteiger partial charge in [-0.1, -0.05) is 12.1 Å². The Bertz CT molecular complexity index is 666. The standard InChI is InChI=1S/C17H21N3O4/c1-10(11-5-4-6-12(7-11)24-3)18-17(23)20-8-13-14(9-20)16(22)19(2)15(13)21/h4-7,10,13-14H,8-9H2,1-3H3,(H,18,23). The van der Waals surface area contributed by atoms with Crippen LogP contribution in [0.15, 0.2) is 24.3 Å². The summed E-state index contributed by atoms with van der Waals surface area (Å²) in [6, 6.07) is 7.02. The average Bonchev–Trinajstić information content (AvgIpc) is 3.11. The maximum atomic E-state index is 12.5. The molecule has 0 aliphatic carbocycles. The van der Waals surface area contributed by atoms with Crippen molar-refractivity contribution in [3.63, 3.8) is 0 Å². The molecule has 1 aromatic carbocycles. The smallest absolute Gasteiger partial charge is 0.317 e. The van der Waals surface area contributed by atoms with Gasteiger partial charge in [0.25, 0.3) is 0 Å². The fourth-order valence-electron chi connectivity index (χ4n) is 3.35. The van der Waals surface area contributed by atoms with Crippen LogP contribution in [0.25, 0.3) is 0 Å². The highest BCUT2D eigenvalue weighted by Gasteiger charge is 2.52. The van der Waals surface area contributed by atoms with Crippen LogP contribution in [0, 0.1) is 11.8 Å². The van der Waals surface area contributed by atoms with Crippen molar-refractivity contribution in [1.29, 1.82) is 0 Å². The number of carbonyl (C=O) groups is 3. The molecular weight excluding hydrogens is 310 g/mol. The second kappa shape index (κ2) is 6.14. The monoisotopic (exact) mass is 331 g/mol. The molecule has 0 radical (unpaired) electrons. The molecule has 0 aromatic heterocycles. The van der Waals surface area contributed by atoms with Crippen LogP contribution in [0.2, 0.25) is 0 Å². The van der Waals surface area contributed by atoms with Gasteiger partial charge in [0.1, 0.15) is 5.75 Å². The molecule has 3 unspecified atom stereocenters. The molecule has 1 N–H and O–H groups in total. The van der Waals surface area contributed by atoms with Gasteiger partial charge in [-0.15, -0.1) is 0 Å². The Kier molecular flexibility index (Phi) is 4.17. The number of amides is 4. The number of nitrogens with zero attached hydrogens (tertiary/aromatic N) is 2. The summed E-state index contributed by atoms with van der Waals surface area (Å²) in [4.78, 5) is 39.2. The van der Waals surface area contributed by atoms with E-state index in [1.807, 2.05) is 31.2 Å². The van der Waals surface area contributed by atoms with Crippen molar-refractivity contribution in [1.82, 2.24) is 15.1 Å². The summed E-state index contributed by atoms with van der Waals surface area (Å²) < 4.78 is 5.19. The molecule has 3 rings (SSSR count). The number of hydrogen-bond donors (Lipinski definition) is 1. The molecule has 3 atom stereocenters. The van der Waals surface area contributed by atoms with Gasteiger partial charge in [0.15, 0.2) is 0 Å². The van der Waals surface area contributed by atoms with Gasteiger partial charge >= 0.3 is 6.03 Å². The van der Waals surface area contributed by atoms with Crippen LogP contribution in [0.4, 0.5) is 4.79 Å². The number of methoxy groups -OCH3 is 1. The number of imide groups is 1. The molecule has 2 aliphatic rings. The van der Waals surface area contributed by atoms with Crippen LogP contribution in [0.1, 0.15) is 18.5 Å². The van der Waals surface area contributed by atoms with Crippen LogP contribution in [0.5, 0.6) is 5.75 Å². The SMILES string of the molecule is COc1cccc(C(C)NC(=O)N2CC3C(=O)N(C)C(=O)C3C2)c1. The molecule has 1 aromatic rings. The van der Waals surface area contributed by atoms with Gasteiger partial charge in [0.05, 0.1) is 25.0 Å². The maximum absolute atomic E-state index is 12.5. The van der Waals surface area contributed by atoms with Gasteiger partial charge in [0.2, 0.25) is 11.8 Å². The zero-order chi connectivity index (χ0) is 17.4. The quantitative estimate of drug-likeness (QED) is 0.839. The van der Waals surface area contributed by atoms with Gasteiger partial charge in [0, 0.05) is 20.1 Å². The summed E-state index contributed by atoms with van der Waals surface area (Å²) in [5, 5.41) is 2.91. The fourth-order valence-corrected chi connectivity index (χ4v) is 3.35. The zero-order valence-corrected chi connectivity index (χ0v) is 14.0. The lowest BCUT2D eigenvalue weighted by Crippen LogP contribution is -2.42. The van der Waals surface area contributed by atoms with Crippen molar-refractivity contribution < 1.29 is 19.1 Å². The molecule has 0 spiro atoms. The molecular formula is C17H21N3O4. The van der Waals surface area contributed by atoms with Crippen molar-refractivity contribution in [3.05, 3.63) is 29.8 Å². The predicted octanol–water partition coefficient (Wildman–Crippen LogP) is 1.01. The summed E-state index contributed by atoms with van der Waals surface area (Å²) >= 11 is 0. The van der Waals surface area contributed by atoms with Crippen LogP contribution >= 0.6 is 0 Å². The number of nitrogens with one attached hydrogen (secondary N) is 1. The second-order valence-corrected chi connectivity index (χ2v) is 6.30. The van der Waals surface area contributed by atoms with Gasteiger partial charge in [-0.3, -0.25) is 14.5 Å². The Morgan fingerprint density at radius 1 is 1.25 bits per heavy atom. The average molecular weight is 331 g/mol. The first kappa shape index (κ1) is 16.3. The number of hydrogen-bond acceptors (Lipinski definition) is 4. The summed E-state index contributed by atoms with van der Waals surface area (Å²) in [6.07, 6.45) is 0. The van der Waals surface area contributed by atoms with E-state index in [1.165, 1.54) is 11.9 Å². The minimum Gasteiger partial charge on any atom is -0.497 e. The van der Waals surface area contributed by atoms with E-state index in [4.69, 9.17) is 4.74 Å². The molecule has 7 nitrogen and oxygen atoms in total. The van der Waals surface area contributed by atoms with E-state index in [9.17, 15) is 14.4 Å². The number of urea groups is 1. The van der Waals surface area contributed by atoms with Crippen molar-refractivity contribution in [3.8, 4) is 5.75 Å². The third-order valence-corrected chi connectivity index (χ3v) is 4.84. The van der Waals surface area contributed by atoms with E-state index < -0.39 is 11.8 Å². The Hall–Kier alpha value is -2.57. The summed E-state index contributed by atoms with van der Waals surface area (Å²) in [5.74, 6) is -0.466. The van der Waals surface area contributed by atoms with Gasteiger partial charge in [-0.05, 0) is 24.6 Å². The third-order valence-electron chi connectivity index (χ3n) is 4.84. The lowest BCUT2D eigenvalue weighted by Gasteiger charge is -2.22. The topological polar surface area (TPSA) is 79.0 Å². The number of benzene rings is 1. The molecule has 2 fully saturated rings. The van der Waals surface area contributed by atoms with Crippen molar-refractivity contribution in [2.75, 3.05) is 27.2 Å². The molecule has 0 saturated carbocycles. The molecule has 2 saturated heterocycles. The highest BCUT2D eigenvalue weighted by Crippen LogP contribution is 2.32. The van der Waals surface area contributed by atoms with E-state index in [0.29, 0.717) is 0 Å². The minimum absolute atomic E-state index is 0.193. The van der Waals surface area contributed by atoms with Crippen LogP contribution in [0.3, 0.4) is 0 Å². The Morgan fingerprint density at radius 3 is 2.46 bits per heavy atom. The second-order valence-electron chi connectivity index (χ2n) is 6.30. The Balaban J connectivity index is 1.64. The number of likely N-dealkylation sites (tertiary alicyclic amines) is 2. The Labute approximate surface area is 140 Å². The lowest BCUT2D eigenvalue weighted by atomic mass is 10.00. The molecule has 2 aliphatic heterocycles. The number of fused-ring (bicyclic) bond motifs is 1. The van der Waals surface area contributed by atoms with E-state index in [1.54, 1.807) is 12.0 Å². The van der Waals surface area contributed by atoms with Crippen LogP contribution in [-0.2, 0) is 9.59 Å². The highest BCUT2D eigenvalue weighted by molar-refractivity contribution is 6.06. The predicted molar refractivity (Wildman–Crippen MR) is 86.3 cm³/mol. The van der Waals surface area contributed by atoms with E-state index in [2.05, 4.69) is 5.32 Å². The number of ether oxygens (including phenoxy) is 1. The number of rotatable bonds is 3. The fraction of sp³-hybridized carbons (Fsp3) is 0.471. The van der Waals surface area contributed by atoms with Gasteiger partial charge < -0.3 is 15.0 Å². The van der Waals surface area contributed by atoms with Gasteiger partial charge in [-0.2, -0.15) is 0 Å². The first-order valence-corrected chi connectivity index (χ1v) is 7.93. The molecule has 24 heavy (non-hydrogen) atoms. The maximum Gasteiger partial charge on any atom is 0.317 e.